The van der Waals surface area contributed by atoms with E-state index in [2.05, 4.69) is 44.3 Å². The van der Waals surface area contributed by atoms with E-state index >= 15 is 0 Å². The van der Waals surface area contributed by atoms with Crippen LogP contribution in [0, 0.1) is 11.3 Å². The first kappa shape index (κ1) is 17.3. The lowest BCUT2D eigenvalue weighted by molar-refractivity contribution is 0.148. The van der Waals surface area contributed by atoms with Crippen molar-refractivity contribution in [3.8, 4) is 0 Å². The number of nitrogens with zero attached hydrogens (tertiary/aromatic N) is 1. The van der Waals surface area contributed by atoms with Crippen molar-refractivity contribution in [2.24, 2.45) is 11.3 Å². The fraction of sp³-hybridized carbons (Fsp3) is 1.00. The molecule has 0 heterocycles. The molecule has 0 aromatic carbocycles. The molecular formula is C16H34N2S. The molecule has 0 aromatic rings. The highest BCUT2D eigenvalue weighted by Crippen LogP contribution is 2.38. The molecule has 1 rings (SSSR count). The molecular weight excluding hydrogens is 252 g/mol. The van der Waals surface area contributed by atoms with Crippen LogP contribution >= 0.6 is 11.8 Å². The Morgan fingerprint density at radius 3 is 2.37 bits per heavy atom. The van der Waals surface area contributed by atoms with Gasteiger partial charge < -0.3 is 10.2 Å². The zero-order chi connectivity index (χ0) is 14.3. The smallest absolute Gasteiger partial charge is 0.0155 e. The van der Waals surface area contributed by atoms with E-state index in [0.29, 0.717) is 11.5 Å². The molecule has 2 nitrogen and oxygen atoms in total. The number of hydrogen-bond acceptors (Lipinski definition) is 3. The van der Waals surface area contributed by atoms with Crippen molar-refractivity contribution in [3.05, 3.63) is 0 Å². The zero-order valence-electron chi connectivity index (χ0n) is 13.7. The Labute approximate surface area is 125 Å². The normalized spacial score (nSPS) is 20.4. The van der Waals surface area contributed by atoms with Crippen LogP contribution in [0.25, 0.3) is 0 Å². The lowest BCUT2D eigenvalue weighted by atomic mass is 9.85. The minimum absolute atomic E-state index is 0.538. The molecule has 19 heavy (non-hydrogen) atoms. The fourth-order valence-corrected chi connectivity index (χ4v) is 3.93. The molecule has 0 spiro atoms. The Hall–Kier alpha value is 0.270. The van der Waals surface area contributed by atoms with E-state index in [1.165, 1.54) is 44.5 Å². The monoisotopic (exact) mass is 286 g/mol. The maximum Gasteiger partial charge on any atom is 0.0155 e. The van der Waals surface area contributed by atoms with E-state index < -0.39 is 0 Å². The summed E-state index contributed by atoms with van der Waals surface area (Å²) in [5.41, 5.74) is 0.538. The molecule has 1 aliphatic rings. The molecule has 3 heteroatoms. The number of thioether (sulfide) groups is 1. The second kappa shape index (κ2) is 8.53. The van der Waals surface area contributed by atoms with Crippen LogP contribution in [-0.2, 0) is 0 Å². The Morgan fingerprint density at radius 1 is 1.21 bits per heavy atom. The second-order valence-corrected chi connectivity index (χ2v) is 7.86. The van der Waals surface area contributed by atoms with Crippen molar-refractivity contribution in [1.82, 2.24) is 10.2 Å². The van der Waals surface area contributed by atoms with E-state index in [9.17, 15) is 0 Å². The number of nitrogens with one attached hydrogen (secondary N) is 1. The molecule has 0 radical (unpaired) electrons. The van der Waals surface area contributed by atoms with Crippen LogP contribution in [0.15, 0.2) is 0 Å². The molecule has 1 unspecified atom stereocenters. The van der Waals surface area contributed by atoms with Gasteiger partial charge in [0.25, 0.3) is 0 Å². The Balaban J connectivity index is 2.46. The van der Waals surface area contributed by atoms with Gasteiger partial charge >= 0.3 is 0 Å². The summed E-state index contributed by atoms with van der Waals surface area (Å²) in [5.74, 6) is 2.00. The highest BCUT2D eigenvalue weighted by atomic mass is 32.2. The van der Waals surface area contributed by atoms with Crippen molar-refractivity contribution in [3.63, 3.8) is 0 Å². The van der Waals surface area contributed by atoms with Crippen molar-refractivity contribution in [2.45, 2.75) is 52.5 Å². The van der Waals surface area contributed by atoms with Crippen LogP contribution in [0.2, 0.25) is 0 Å². The average Bonchev–Trinajstić information content (AvgIpc) is 2.77. The fourth-order valence-electron chi connectivity index (χ4n) is 3.20. The number of rotatable bonds is 9. The first-order valence-electron chi connectivity index (χ1n) is 7.89. The summed E-state index contributed by atoms with van der Waals surface area (Å²) in [4.78, 5) is 2.58. The zero-order valence-corrected chi connectivity index (χ0v) is 14.5. The SMILES string of the molecule is CSCC(C)N(C)CC1(CNCC(C)C)CCCC1. The summed E-state index contributed by atoms with van der Waals surface area (Å²) >= 11 is 1.96. The Bertz CT molecular complexity index is 237. The van der Waals surface area contributed by atoms with Gasteiger partial charge in [-0.3, -0.25) is 0 Å². The summed E-state index contributed by atoms with van der Waals surface area (Å²) in [6.45, 7) is 10.6. The van der Waals surface area contributed by atoms with Crippen LogP contribution < -0.4 is 5.32 Å². The highest BCUT2D eigenvalue weighted by Gasteiger charge is 2.35. The van der Waals surface area contributed by atoms with Crippen molar-refractivity contribution >= 4 is 11.8 Å². The molecule has 0 aliphatic heterocycles. The van der Waals surface area contributed by atoms with E-state index in [0.717, 1.165) is 12.5 Å². The summed E-state index contributed by atoms with van der Waals surface area (Å²) in [6, 6.07) is 0.692. The van der Waals surface area contributed by atoms with Gasteiger partial charge in [-0.15, -0.1) is 0 Å². The molecule has 114 valence electrons. The molecule has 1 aliphatic carbocycles. The van der Waals surface area contributed by atoms with Gasteiger partial charge in [-0.1, -0.05) is 26.7 Å². The summed E-state index contributed by atoms with van der Waals surface area (Å²) < 4.78 is 0. The Kier molecular flexibility index (Phi) is 7.78. The molecule has 1 N–H and O–H groups in total. The summed E-state index contributed by atoms with van der Waals surface area (Å²) in [7, 11) is 2.31. The molecule has 1 fully saturated rings. The van der Waals surface area contributed by atoms with Crippen LogP contribution in [-0.4, -0.2) is 49.6 Å². The van der Waals surface area contributed by atoms with Crippen LogP contribution in [0.5, 0.6) is 0 Å². The van der Waals surface area contributed by atoms with Gasteiger partial charge in [0.1, 0.15) is 0 Å². The summed E-state index contributed by atoms with van der Waals surface area (Å²) in [6.07, 6.45) is 7.88. The molecule has 0 saturated heterocycles. The minimum Gasteiger partial charge on any atom is -0.316 e. The van der Waals surface area contributed by atoms with Crippen molar-refractivity contribution in [1.29, 1.82) is 0 Å². The standard InChI is InChI=1S/C16H34N2S/c1-14(2)10-17-12-16(8-6-7-9-16)13-18(4)15(3)11-19-5/h14-15,17H,6-13H2,1-5H3. The summed E-state index contributed by atoms with van der Waals surface area (Å²) in [5, 5.41) is 3.71. The first-order chi connectivity index (χ1) is 8.99. The Morgan fingerprint density at radius 2 is 1.84 bits per heavy atom. The first-order valence-corrected chi connectivity index (χ1v) is 9.28. The van der Waals surface area contributed by atoms with Gasteiger partial charge in [0.15, 0.2) is 0 Å². The third-order valence-electron chi connectivity index (χ3n) is 4.46. The minimum atomic E-state index is 0.538. The second-order valence-electron chi connectivity index (χ2n) is 6.95. The predicted octanol–water partition coefficient (Wildman–Crippen LogP) is 3.48. The van der Waals surface area contributed by atoms with Crippen molar-refractivity contribution < 1.29 is 0 Å². The lowest BCUT2D eigenvalue weighted by Crippen LogP contribution is -2.45. The van der Waals surface area contributed by atoms with Gasteiger partial charge in [0.2, 0.25) is 0 Å². The van der Waals surface area contributed by atoms with Gasteiger partial charge in [-0.25, -0.2) is 0 Å². The quantitative estimate of drug-likeness (QED) is 0.698. The molecule has 0 aromatic heterocycles. The van der Waals surface area contributed by atoms with Gasteiger partial charge in [0, 0.05) is 24.9 Å². The largest absolute Gasteiger partial charge is 0.316 e. The van der Waals surface area contributed by atoms with Gasteiger partial charge in [-0.05, 0) is 50.9 Å². The third-order valence-corrected chi connectivity index (χ3v) is 5.28. The van der Waals surface area contributed by atoms with Crippen LogP contribution in [0.4, 0.5) is 0 Å². The van der Waals surface area contributed by atoms with E-state index in [-0.39, 0.29) is 0 Å². The molecule has 1 saturated carbocycles. The average molecular weight is 287 g/mol. The highest BCUT2D eigenvalue weighted by molar-refractivity contribution is 7.98. The van der Waals surface area contributed by atoms with Crippen LogP contribution in [0.3, 0.4) is 0 Å². The maximum atomic E-state index is 3.71. The molecule has 0 bridgehead atoms. The van der Waals surface area contributed by atoms with E-state index in [4.69, 9.17) is 0 Å². The van der Waals surface area contributed by atoms with Crippen LogP contribution in [0.1, 0.15) is 46.5 Å². The molecule has 0 amide bonds. The number of hydrogen-bond donors (Lipinski definition) is 1. The third kappa shape index (κ3) is 6.05. The van der Waals surface area contributed by atoms with Gasteiger partial charge in [-0.2, -0.15) is 11.8 Å². The van der Waals surface area contributed by atoms with E-state index in [1.54, 1.807) is 0 Å². The predicted molar refractivity (Wildman–Crippen MR) is 89.1 cm³/mol. The van der Waals surface area contributed by atoms with Crippen molar-refractivity contribution in [2.75, 3.05) is 38.7 Å². The maximum absolute atomic E-state index is 3.71. The topological polar surface area (TPSA) is 15.3 Å². The lowest BCUT2D eigenvalue weighted by Gasteiger charge is -2.36. The van der Waals surface area contributed by atoms with E-state index in [1.807, 2.05) is 11.8 Å². The molecule has 1 atom stereocenters. The van der Waals surface area contributed by atoms with Gasteiger partial charge in [0.05, 0.1) is 0 Å².